The van der Waals surface area contributed by atoms with Crippen LogP contribution >= 0.6 is 0 Å². The van der Waals surface area contributed by atoms with Gasteiger partial charge in [0.2, 0.25) is 5.91 Å². The number of amides is 1. The van der Waals surface area contributed by atoms with Crippen molar-refractivity contribution in [3.8, 4) is 0 Å². The molecular weight excluding hydrogens is 438 g/mol. The van der Waals surface area contributed by atoms with E-state index in [4.69, 9.17) is 4.74 Å². The van der Waals surface area contributed by atoms with E-state index in [0.29, 0.717) is 12.1 Å². The van der Waals surface area contributed by atoms with Gasteiger partial charge in [0.25, 0.3) is 0 Å². The molecule has 0 saturated carbocycles. The summed E-state index contributed by atoms with van der Waals surface area (Å²) in [4.78, 5) is 29.7. The van der Waals surface area contributed by atoms with E-state index in [2.05, 4.69) is 15.6 Å². The maximum Gasteiger partial charge on any atom is 0.338 e. The molecule has 6 nitrogen and oxygen atoms in total. The Labute approximate surface area is 205 Å². The minimum atomic E-state index is -0.375. The van der Waals surface area contributed by atoms with Gasteiger partial charge in [0.1, 0.15) is 6.61 Å². The fraction of sp³-hybridized carbons (Fsp3) is 0.207. The van der Waals surface area contributed by atoms with Crippen LogP contribution in [0, 0.1) is 13.8 Å². The van der Waals surface area contributed by atoms with Crippen molar-refractivity contribution >= 4 is 28.3 Å². The quantitative estimate of drug-likeness (QED) is 0.350. The van der Waals surface area contributed by atoms with Crippen molar-refractivity contribution in [3.63, 3.8) is 0 Å². The van der Waals surface area contributed by atoms with E-state index in [0.717, 1.165) is 38.7 Å². The van der Waals surface area contributed by atoms with E-state index >= 15 is 0 Å². The molecule has 1 aromatic heterocycles. The van der Waals surface area contributed by atoms with Crippen molar-refractivity contribution < 1.29 is 14.3 Å². The van der Waals surface area contributed by atoms with Crippen molar-refractivity contribution in [2.24, 2.45) is 0 Å². The van der Waals surface area contributed by atoms with Gasteiger partial charge in [0.15, 0.2) is 0 Å². The fourth-order valence-corrected chi connectivity index (χ4v) is 4.07. The molecule has 4 aromatic rings. The Kier molecular flexibility index (Phi) is 7.53. The molecule has 35 heavy (non-hydrogen) atoms. The number of likely N-dealkylation sites (N-methyl/N-ethyl adjacent to an activating group) is 1. The molecule has 0 fully saturated rings. The van der Waals surface area contributed by atoms with Crippen LogP contribution < -0.4 is 10.6 Å². The lowest BCUT2D eigenvalue weighted by Gasteiger charge is -2.18. The Morgan fingerprint density at radius 2 is 1.74 bits per heavy atom. The average molecular weight is 468 g/mol. The average Bonchev–Trinajstić information content (AvgIpc) is 2.86. The molecule has 0 unspecified atom stereocenters. The number of rotatable bonds is 8. The Morgan fingerprint density at radius 1 is 0.943 bits per heavy atom. The van der Waals surface area contributed by atoms with Crippen LogP contribution in [0.1, 0.15) is 38.5 Å². The molecule has 0 spiro atoms. The zero-order valence-corrected chi connectivity index (χ0v) is 20.2. The number of aryl methyl sites for hydroxylation is 2. The SMILES string of the molecule is CNC[C@@H](C(=O)Nc1ccc2cnccc2c1)c1ccc(COC(=O)c2ccc(C)cc2C)cc1. The molecule has 1 atom stereocenters. The molecule has 3 aromatic carbocycles. The molecule has 4 rings (SSSR count). The first-order valence-corrected chi connectivity index (χ1v) is 11.6. The van der Waals surface area contributed by atoms with Crippen molar-refractivity contribution in [2.45, 2.75) is 26.4 Å². The minimum Gasteiger partial charge on any atom is -0.457 e. The Balaban J connectivity index is 1.42. The van der Waals surface area contributed by atoms with Crippen molar-refractivity contribution in [1.29, 1.82) is 0 Å². The minimum absolute atomic E-state index is 0.0956. The summed E-state index contributed by atoms with van der Waals surface area (Å²) in [7, 11) is 1.82. The summed E-state index contributed by atoms with van der Waals surface area (Å²) < 4.78 is 5.51. The van der Waals surface area contributed by atoms with Gasteiger partial charge in [0, 0.05) is 30.0 Å². The van der Waals surface area contributed by atoms with E-state index in [-0.39, 0.29) is 24.4 Å². The molecule has 0 aliphatic heterocycles. The van der Waals surface area contributed by atoms with Gasteiger partial charge in [-0.25, -0.2) is 4.79 Å². The van der Waals surface area contributed by atoms with Crippen LogP contribution in [0.3, 0.4) is 0 Å². The second-order valence-electron chi connectivity index (χ2n) is 8.67. The van der Waals surface area contributed by atoms with Gasteiger partial charge in [-0.05, 0) is 67.2 Å². The standard InChI is InChI=1S/C29H29N3O3/c1-19-4-11-26(20(2)14-19)29(34)35-18-21-5-7-22(8-6-21)27(17-30-3)28(33)32-25-10-9-24-16-31-13-12-23(24)15-25/h4-16,27,30H,17-18H2,1-3H3,(H,32,33)/t27-/m1/s1. The lowest BCUT2D eigenvalue weighted by molar-refractivity contribution is -0.117. The molecule has 1 amide bonds. The highest BCUT2D eigenvalue weighted by Crippen LogP contribution is 2.22. The first-order valence-electron chi connectivity index (χ1n) is 11.6. The summed E-state index contributed by atoms with van der Waals surface area (Å²) in [6.07, 6.45) is 3.53. The zero-order valence-electron chi connectivity index (χ0n) is 20.2. The van der Waals surface area contributed by atoms with Crippen LogP contribution in [-0.4, -0.2) is 30.5 Å². The van der Waals surface area contributed by atoms with Crippen LogP contribution in [0.4, 0.5) is 5.69 Å². The molecule has 0 aliphatic carbocycles. The summed E-state index contributed by atoms with van der Waals surface area (Å²) in [6.45, 7) is 4.55. The number of hydrogen-bond donors (Lipinski definition) is 2. The second kappa shape index (κ2) is 10.9. The van der Waals surface area contributed by atoms with Crippen LogP contribution in [0.25, 0.3) is 10.8 Å². The van der Waals surface area contributed by atoms with Crippen molar-refractivity contribution in [1.82, 2.24) is 10.3 Å². The number of nitrogens with one attached hydrogen (secondary N) is 2. The number of ether oxygens (including phenoxy) is 1. The molecule has 1 heterocycles. The lowest BCUT2D eigenvalue weighted by atomic mass is 9.96. The third-order valence-electron chi connectivity index (χ3n) is 5.99. The first kappa shape index (κ1) is 24.1. The number of esters is 1. The molecule has 2 N–H and O–H groups in total. The number of benzene rings is 3. The van der Waals surface area contributed by atoms with Gasteiger partial charge in [0.05, 0.1) is 11.5 Å². The van der Waals surface area contributed by atoms with E-state index in [9.17, 15) is 9.59 Å². The van der Waals surface area contributed by atoms with Gasteiger partial charge < -0.3 is 15.4 Å². The van der Waals surface area contributed by atoms with Gasteiger partial charge in [-0.3, -0.25) is 9.78 Å². The smallest absolute Gasteiger partial charge is 0.338 e. The van der Waals surface area contributed by atoms with Crippen LogP contribution in [0.15, 0.2) is 79.1 Å². The number of nitrogens with zero attached hydrogens (tertiary/aromatic N) is 1. The normalized spacial score (nSPS) is 11.7. The van der Waals surface area contributed by atoms with Crippen LogP contribution in [0.2, 0.25) is 0 Å². The van der Waals surface area contributed by atoms with Crippen molar-refractivity contribution in [3.05, 3.63) is 107 Å². The first-order chi connectivity index (χ1) is 16.9. The third-order valence-corrected chi connectivity index (χ3v) is 5.99. The number of fused-ring (bicyclic) bond motifs is 1. The molecule has 178 valence electrons. The Hall–Kier alpha value is -4.03. The predicted molar refractivity (Wildman–Crippen MR) is 139 cm³/mol. The van der Waals surface area contributed by atoms with Crippen LogP contribution in [0.5, 0.6) is 0 Å². The van der Waals surface area contributed by atoms with E-state index in [1.54, 1.807) is 18.5 Å². The third kappa shape index (κ3) is 5.91. The zero-order chi connectivity index (χ0) is 24.8. The highest BCUT2D eigenvalue weighted by Gasteiger charge is 2.20. The molecule has 0 radical (unpaired) electrons. The van der Waals surface area contributed by atoms with Gasteiger partial charge in [-0.1, -0.05) is 48.0 Å². The molecule has 0 saturated heterocycles. The fourth-order valence-electron chi connectivity index (χ4n) is 4.07. The number of aromatic nitrogens is 1. The predicted octanol–water partition coefficient (Wildman–Crippen LogP) is 5.15. The van der Waals surface area contributed by atoms with Crippen molar-refractivity contribution in [2.75, 3.05) is 18.9 Å². The summed E-state index contributed by atoms with van der Waals surface area (Å²) in [5, 5.41) is 8.17. The summed E-state index contributed by atoms with van der Waals surface area (Å²) in [5.74, 6) is -0.813. The number of pyridine rings is 1. The van der Waals surface area contributed by atoms with Gasteiger partial charge >= 0.3 is 5.97 Å². The second-order valence-corrected chi connectivity index (χ2v) is 8.67. The largest absolute Gasteiger partial charge is 0.457 e. The molecule has 0 bridgehead atoms. The number of carbonyl (C=O) groups excluding carboxylic acids is 2. The number of hydrogen-bond acceptors (Lipinski definition) is 5. The summed E-state index contributed by atoms with van der Waals surface area (Å²) in [6, 6.07) is 21.0. The monoisotopic (exact) mass is 467 g/mol. The molecule has 0 aliphatic rings. The van der Waals surface area contributed by atoms with Gasteiger partial charge in [-0.15, -0.1) is 0 Å². The van der Waals surface area contributed by atoms with E-state index in [1.807, 2.05) is 81.6 Å². The molecule has 6 heteroatoms. The maximum absolute atomic E-state index is 13.1. The highest BCUT2D eigenvalue weighted by atomic mass is 16.5. The number of carbonyl (C=O) groups is 2. The van der Waals surface area contributed by atoms with E-state index < -0.39 is 0 Å². The lowest BCUT2D eigenvalue weighted by Crippen LogP contribution is -2.29. The maximum atomic E-state index is 13.1. The number of anilines is 1. The van der Waals surface area contributed by atoms with Gasteiger partial charge in [-0.2, -0.15) is 0 Å². The van der Waals surface area contributed by atoms with Crippen LogP contribution in [-0.2, 0) is 16.1 Å². The Morgan fingerprint density at radius 3 is 2.49 bits per heavy atom. The summed E-state index contributed by atoms with van der Waals surface area (Å²) in [5.41, 5.74) is 5.06. The summed E-state index contributed by atoms with van der Waals surface area (Å²) >= 11 is 0. The Bertz CT molecular complexity index is 1350. The topological polar surface area (TPSA) is 80.3 Å². The highest BCUT2D eigenvalue weighted by molar-refractivity contribution is 5.98. The molecular formula is C29H29N3O3. The van der Waals surface area contributed by atoms with E-state index in [1.165, 1.54) is 0 Å².